The van der Waals surface area contributed by atoms with E-state index in [0.717, 1.165) is 22.6 Å². The van der Waals surface area contributed by atoms with Crippen molar-refractivity contribution in [2.75, 3.05) is 17.3 Å². The molecule has 0 radical (unpaired) electrons. The Hall–Kier alpha value is -1.82. The van der Waals surface area contributed by atoms with Crippen LogP contribution in [0.2, 0.25) is 0 Å². The monoisotopic (exact) mass is 344 g/mol. The number of hydrogen-bond acceptors (Lipinski definition) is 4. The van der Waals surface area contributed by atoms with Gasteiger partial charge in [-0.3, -0.25) is 4.79 Å². The van der Waals surface area contributed by atoms with Crippen LogP contribution in [0.15, 0.2) is 54.6 Å². The third-order valence-corrected chi connectivity index (χ3v) is 4.22. The van der Waals surface area contributed by atoms with Gasteiger partial charge in [0.2, 0.25) is 5.91 Å². The molecule has 1 amide bonds. The van der Waals surface area contributed by atoms with Crippen LogP contribution in [-0.2, 0) is 22.7 Å². The number of benzene rings is 2. The molecular weight excluding hydrogens is 320 g/mol. The molecule has 2 rings (SSSR count). The van der Waals surface area contributed by atoms with Crippen LogP contribution in [0.25, 0.3) is 0 Å². The Morgan fingerprint density at radius 1 is 1.08 bits per heavy atom. The molecule has 24 heavy (non-hydrogen) atoms. The van der Waals surface area contributed by atoms with Gasteiger partial charge in [-0.25, -0.2) is 0 Å². The zero-order chi connectivity index (χ0) is 17.2. The van der Waals surface area contributed by atoms with Gasteiger partial charge in [0.05, 0.1) is 19.3 Å². The van der Waals surface area contributed by atoms with E-state index in [1.165, 1.54) is 0 Å². The van der Waals surface area contributed by atoms with Crippen molar-refractivity contribution >= 4 is 23.4 Å². The Labute approximate surface area is 147 Å². The number of nitrogens with one attached hydrogen (secondary N) is 1. The van der Waals surface area contributed by atoms with E-state index in [0.29, 0.717) is 19.6 Å². The summed E-state index contributed by atoms with van der Waals surface area (Å²) >= 11 is 1.69. The number of carbonyl (C=O) groups excluding carboxylic acids is 1. The van der Waals surface area contributed by atoms with Gasteiger partial charge in [-0.1, -0.05) is 42.5 Å². The fourth-order valence-corrected chi connectivity index (χ4v) is 2.65. The number of anilines is 1. The lowest BCUT2D eigenvalue weighted by Crippen LogP contribution is -2.36. The molecule has 4 nitrogen and oxygen atoms in total. The van der Waals surface area contributed by atoms with Crippen LogP contribution < -0.4 is 11.1 Å². The van der Waals surface area contributed by atoms with Gasteiger partial charge in [-0.2, -0.15) is 11.8 Å². The lowest BCUT2D eigenvalue weighted by atomic mass is 10.2. The van der Waals surface area contributed by atoms with Crippen LogP contribution in [0.5, 0.6) is 0 Å². The second-order valence-corrected chi connectivity index (χ2v) is 6.54. The SMILES string of the molecule is CSCC[C@H](N)C(=O)Nc1ccc(COCc2ccccc2)cc1. The summed E-state index contributed by atoms with van der Waals surface area (Å²) in [6.07, 6.45) is 2.68. The number of carbonyl (C=O) groups is 1. The highest BCUT2D eigenvalue weighted by molar-refractivity contribution is 7.98. The Balaban J connectivity index is 1.77. The Kier molecular flexibility index (Phi) is 7.82. The van der Waals surface area contributed by atoms with Crippen LogP contribution >= 0.6 is 11.8 Å². The Morgan fingerprint density at radius 2 is 1.71 bits per heavy atom. The van der Waals surface area contributed by atoms with Gasteiger partial charge in [-0.15, -0.1) is 0 Å². The largest absolute Gasteiger partial charge is 0.372 e. The minimum Gasteiger partial charge on any atom is -0.372 e. The molecule has 2 aromatic carbocycles. The van der Waals surface area contributed by atoms with Crippen molar-refractivity contribution in [2.45, 2.75) is 25.7 Å². The zero-order valence-corrected chi connectivity index (χ0v) is 14.7. The van der Waals surface area contributed by atoms with Crippen LogP contribution in [-0.4, -0.2) is 24.0 Å². The molecule has 2 aromatic rings. The smallest absolute Gasteiger partial charge is 0.241 e. The van der Waals surface area contributed by atoms with E-state index < -0.39 is 6.04 Å². The molecule has 0 heterocycles. The predicted octanol–water partition coefficient (Wildman–Crippen LogP) is 3.42. The van der Waals surface area contributed by atoms with E-state index in [4.69, 9.17) is 10.5 Å². The van der Waals surface area contributed by atoms with Gasteiger partial charge in [0.15, 0.2) is 0 Å². The molecule has 0 spiro atoms. The second-order valence-electron chi connectivity index (χ2n) is 5.55. The Morgan fingerprint density at radius 3 is 2.33 bits per heavy atom. The average Bonchev–Trinajstić information content (AvgIpc) is 2.62. The standard InChI is InChI=1S/C19H24N2O2S/c1-24-12-11-18(20)19(22)21-17-9-7-16(8-10-17)14-23-13-15-5-3-2-4-6-15/h2-10,18H,11-14,20H2,1H3,(H,21,22)/t18-/m0/s1. The van der Waals surface area contributed by atoms with Crippen molar-refractivity contribution in [1.82, 2.24) is 0 Å². The maximum absolute atomic E-state index is 12.0. The molecule has 0 bridgehead atoms. The quantitative estimate of drug-likeness (QED) is 0.731. The molecule has 0 saturated heterocycles. The predicted molar refractivity (Wildman–Crippen MR) is 101 cm³/mol. The van der Waals surface area contributed by atoms with Crippen molar-refractivity contribution in [3.05, 3.63) is 65.7 Å². The number of amides is 1. The first kappa shape index (κ1) is 18.5. The zero-order valence-electron chi connectivity index (χ0n) is 13.9. The van der Waals surface area contributed by atoms with Crippen molar-refractivity contribution in [3.8, 4) is 0 Å². The molecule has 0 aliphatic carbocycles. The molecule has 0 fully saturated rings. The van der Waals surface area contributed by atoms with Gasteiger partial charge >= 0.3 is 0 Å². The lowest BCUT2D eigenvalue weighted by molar-refractivity contribution is -0.117. The summed E-state index contributed by atoms with van der Waals surface area (Å²) < 4.78 is 5.70. The highest BCUT2D eigenvalue weighted by atomic mass is 32.2. The van der Waals surface area contributed by atoms with E-state index >= 15 is 0 Å². The molecule has 5 heteroatoms. The lowest BCUT2D eigenvalue weighted by Gasteiger charge is -2.12. The summed E-state index contributed by atoms with van der Waals surface area (Å²) in [6.45, 7) is 1.12. The number of thioether (sulfide) groups is 1. The van der Waals surface area contributed by atoms with E-state index in [2.05, 4.69) is 5.32 Å². The van der Waals surface area contributed by atoms with E-state index in [9.17, 15) is 4.79 Å². The third kappa shape index (κ3) is 6.35. The van der Waals surface area contributed by atoms with Gasteiger partial charge in [0.25, 0.3) is 0 Å². The summed E-state index contributed by atoms with van der Waals surface area (Å²) in [5, 5.41) is 2.85. The van der Waals surface area contributed by atoms with E-state index in [-0.39, 0.29) is 5.91 Å². The highest BCUT2D eigenvalue weighted by Crippen LogP contribution is 2.12. The van der Waals surface area contributed by atoms with E-state index in [1.807, 2.05) is 60.9 Å². The molecule has 128 valence electrons. The third-order valence-electron chi connectivity index (χ3n) is 3.57. The van der Waals surface area contributed by atoms with Gasteiger partial charge in [0.1, 0.15) is 0 Å². The summed E-state index contributed by atoms with van der Waals surface area (Å²) in [6, 6.07) is 17.3. The maximum atomic E-state index is 12.0. The van der Waals surface area contributed by atoms with Crippen LogP contribution in [0, 0.1) is 0 Å². The molecule has 1 atom stereocenters. The fourth-order valence-electron chi connectivity index (χ4n) is 2.16. The van der Waals surface area contributed by atoms with Crippen molar-refractivity contribution in [2.24, 2.45) is 5.73 Å². The van der Waals surface area contributed by atoms with Crippen LogP contribution in [0.3, 0.4) is 0 Å². The van der Waals surface area contributed by atoms with Crippen molar-refractivity contribution < 1.29 is 9.53 Å². The first-order valence-corrected chi connectivity index (χ1v) is 9.34. The van der Waals surface area contributed by atoms with Crippen molar-refractivity contribution in [1.29, 1.82) is 0 Å². The number of hydrogen-bond donors (Lipinski definition) is 2. The molecule has 0 aliphatic rings. The van der Waals surface area contributed by atoms with Gasteiger partial charge < -0.3 is 15.8 Å². The van der Waals surface area contributed by atoms with Gasteiger partial charge in [0, 0.05) is 5.69 Å². The molecule has 0 aromatic heterocycles. The molecular formula is C19H24N2O2S. The topological polar surface area (TPSA) is 64.4 Å². The Bertz CT molecular complexity index is 617. The minimum atomic E-state index is -0.466. The fraction of sp³-hybridized carbons (Fsp3) is 0.316. The first-order chi connectivity index (χ1) is 11.7. The number of rotatable bonds is 9. The molecule has 3 N–H and O–H groups in total. The van der Waals surface area contributed by atoms with Crippen LogP contribution in [0.4, 0.5) is 5.69 Å². The number of nitrogens with two attached hydrogens (primary N) is 1. The summed E-state index contributed by atoms with van der Waals surface area (Å²) in [7, 11) is 0. The normalized spacial score (nSPS) is 11.9. The summed E-state index contributed by atoms with van der Waals surface area (Å²) in [5.41, 5.74) is 8.83. The second kappa shape index (κ2) is 10.1. The molecule has 0 aliphatic heterocycles. The maximum Gasteiger partial charge on any atom is 0.241 e. The van der Waals surface area contributed by atoms with Crippen LogP contribution in [0.1, 0.15) is 17.5 Å². The summed E-state index contributed by atoms with van der Waals surface area (Å²) in [5.74, 6) is 0.740. The average molecular weight is 344 g/mol. The van der Waals surface area contributed by atoms with Crippen molar-refractivity contribution in [3.63, 3.8) is 0 Å². The number of ether oxygens (including phenoxy) is 1. The summed E-state index contributed by atoms with van der Waals surface area (Å²) in [4.78, 5) is 12.0. The minimum absolute atomic E-state index is 0.142. The molecule has 0 unspecified atom stereocenters. The van der Waals surface area contributed by atoms with E-state index in [1.54, 1.807) is 11.8 Å². The first-order valence-electron chi connectivity index (χ1n) is 7.95. The van der Waals surface area contributed by atoms with Gasteiger partial charge in [-0.05, 0) is 41.7 Å². The molecule has 0 saturated carbocycles. The highest BCUT2D eigenvalue weighted by Gasteiger charge is 2.12.